The summed E-state index contributed by atoms with van der Waals surface area (Å²) in [5, 5.41) is 10.0. The highest BCUT2D eigenvalue weighted by molar-refractivity contribution is 5.91. The largest absolute Gasteiger partial charge is 0.507 e. The van der Waals surface area contributed by atoms with Crippen molar-refractivity contribution in [3.05, 3.63) is 71.3 Å². The highest BCUT2D eigenvalue weighted by Gasteiger charge is 2.25. The van der Waals surface area contributed by atoms with Crippen molar-refractivity contribution >= 4 is 11.3 Å². The van der Waals surface area contributed by atoms with Crippen LogP contribution in [0.3, 0.4) is 0 Å². The first-order chi connectivity index (χ1) is 9.83. The Morgan fingerprint density at radius 2 is 1.55 bits per heavy atom. The van der Waals surface area contributed by atoms with Gasteiger partial charge in [0.2, 0.25) is 0 Å². The standard InChI is InChI=1S/C18H14O2/c19-16-7-3-1-6-14(16)18-11-15(12-9-10-12)13-5-2-4-8-17(13)20-18/h1-8,11,19H,9-10H2. The minimum atomic E-state index is 0.248. The van der Waals surface area contributed by atoms with Crippen LogP contribution in [0.1, 0.15) is 24.0 Å². The van der Waals surface area contributed by atoms with Gasteiger partial charge in [0.15, 0.2) is 0 Å². The lowest BCUT2D eigenvalue weighted by Crippen LogP contribution is -2.03. The van der Waals surface area contributed by atoms with E-state index in [0.717, 1.165) is 35.5 Å². The van der Waals surface area contributed by atoms with Gasteiger partial charge in [-0.05, 0) is 42.7 Å². The van der Waals surface area contributed by atoms with Gasteiger partial charge in [-0.3, -0.25) is 0 Å². The zero-order chi connectivity index (χ0) is 13.5. The van der Waals surface area contributed by atoms with Crippen LogP contribution < -0.4 is 4.74 Å². The van der Waals surface area contributed by atoms with E-state index in [-0.39, 0.29) is 5.75 Å². The number of ether oxygens (including phenoxy) is 1. The number of benzene rings is 2. The second-order valence-corrected chi connectivity index (χ2v) is 5.14. The molecular weight excluding hydrogens is 248 g/mol. The molecule has 4 rings (SSSR count). The summed E-state index contributed by atoms with van der Waals surface area (Å²) in [7, 11) is 0. The Bertz CT molecular complexity index is 748. The number of allylic oxidation sites excluding steroid dienone is 3. The van der Waals surface area contributed by atoms with Crippen molar-refractivity contribution in [1.82, 2.24) is 0 Å². The van der Waals surface area contributed by atoms with E-state index in [1.807, 2.05) is 36.4 Å². The monoisotopic (exact) mass is 262 g/mol. The maximum Gasteiger partial charge on any atom is 0.139 e. The Morgan fingerprint density at radius 1 is 0.850 bits per heavy atom. The van der Waals surface area contributed by atoms with Crippen LogP contribution in [-0.4, -0.2) is 5.11 Å². The van der Waals surface area contributed by atoms with Gasteiger partial charge in [0.25, 0.3) is 0 Å². The number of para-hydroxylation sites is 2. The van der Waals surface area contributed by atoms with Gasteiger partial charge in [-0.1, -0.05) is 35.9 Å². The molecular formula is C18H14O2. The first-order valence-electron chi connectivity index (χ1n) is 6.82. The van der Waals surface area contributed by atoms with Gasteiger partial charge in [0.05, 0.1) is 5.56 Å². The van der Waals surface area contributed by atoms with E-state index in [9.17, 15) is 5.11 Å². The summed E-state index contributed by atoms with van der Waals surface area (Å²) in [5.41, 5.74) is 4.61. The predicted octanol–water partition coefficient (Wildman–Crippen LogP) is 4.37. The minimum absolute atomic E-state index is 0.248. The maximum absolute atomic E-state index is 10.0. The van der Waals surface area contributed by atoms with Gasteiger partial charge in [-0.25, -0.2) is 0 Å². The maximum atomic E-state index is 10.0. The molecule has 2 heteroatoms. The molecule has 0 spiro atoms. The van der Waals surface area contributed by atoms with E-state index in [0.29, 0.717) is 0 Å². The fraction of sp³-hybridized carbons (Fsp3) is 0.111. The van der Waals surface area contributed by atoms with Crippen LogP contribution in [0.25, 0.3) is 11.3 Å². The molecule has 0 saturated heterocycles. The van der Waals surface area contributed by atoms with Gasteiger partial charge in [0, 0.05) is 5.56 Å². The van der Waals surface area contributed by atoms with Crippen molar-refractivity contribution in [1.29, 1.82) is 0 Å². The number of phenols is 1. The minimum Gasteiger partial charge on any atom is -0.507 e. The molecule has 1 aliphatic carbocycles. The molecule has 0 aromatic heterocycles. The van der Waals surface area contributed by atoms with E-state index in [2.05, 4.69) is 12.1 Å². The predicted molar refractivity (Wildman–Crippen MR) is 79.3 cm³/mol. The zero-order valence-corrected chi connectivity index (χ0v) is 11.0. The van der Waals surface area contributed by atoms with E-state index in [4.69, 9.17) is 4.74 Å². The van der Waals surface area contributed by atoms with E-state index >= 15 is 0 Å². The molecule has 1 N–H and O–H groups in total. The van der Waals surface area contributed by atoms with E-state index < -0.39 is 0 Å². The molecule has 1 saturated carbocycles. The van der Waals surface area contributed by atoms with E-state index in [1.54, 1.807) is 6.07 Å². The van der Waals surface area contributed by atoms with Crippen LogP contribution in [0.15, 0.2) is 60.2 Å². The number of rotatable bonds is 1. The Morgan fingerprint density at radius 3 is 2.30 bits per heavy atom. The highest BCUT2D eigenvalue weighted by atomic mass is 16.5. The topological polar surface area (TPSA) is 29.5 Å². The van der Waals surface area contributed by atoms with Crippen LogP contribution in [0.2, 0.25) is 0 Å². The van der Waals surface area contributed by atoms with Crippen LogP contribution in [-0.2, 0) is 0 Å². The second kappa shape index (κ2) is 4.27. The molecule has 0 atom stereocenters. The molecule has 0 amide bonds. The van der Waals surface area contributed by atoms with Gasteiger partial charge in [0.1, 0.15) is 17.3 Å². The molecule has 2 aliphatic rings. The molecule has 0 radical (unpaired) electrons. The van der Waals surface area contributed by atoms with Crippen LogP contribution in [0, 0.1) is 0 Å². The second-order valence-electron chi connectivity index (χ2n) is 5.14. The first kappa shape index (κ1) is 11.4. The van der Waals surface area contributed by atoms with E-state index in [1.165, 1.54) is 11.1 Å². The molecule has 1 heterocycles. The summed E-state index contributed by atoms with van der Waals surface area (Å²) in [4.78, 5) is 0. The Hall–Kier alpha value is -2.48. The Balaban J connectivity index is 1.89. The SMILES string of the molecule is Oc1ccccc1C1=CC(=C2CC2)c2ccccc2O1. The summed E-state index contributed by atoms with van der Waals surface area (Å²) in [5.74, 6) is 1.83. The van der Waals surface area contributed by atoms with Gasteiger partial charge >= 0.3 is 0 Å². The van der Waals surface area contributed by atoms with Crippen LogP contribution in [0.5, 0.6) is 11.5 Å². The average molecular weight is 262 g/mol. The summed E-state index contributed by atoms with van der Waals surface area (Å²) < 4.78 is 5.97. The third kappa shape index (κ3) is 1.81. The Labute approximate surface area is 117 Å². The normalized spacial score (nSPS) is 16.3. The molecule has 0 bridgehead atoms. The molecule has 1 aliphatic heterocycles. The van der Waals surface area contributed by atoms with Gasteiger partial charge < -0.3 is 9.84 Å². The summed E-state index contributed by atoms with van der Waals surface area (Å²) in [6.45, 7) is 0. The number of fused-ring (bicyclic) bond motifs is 1. The third-order valence-electron chi connectivity index (χ3n) is 3.72. The van der Waals surface area contributed by atoms with Crippen molar-refractivity contribution < 1.29 is 9.84 Å². The van der Waals surface area contributed by atoms with Gasteiger partial charge in [-0.2, -0.15) is 0 Å². The summed E-state index contributed by atoms with van der Waals surface area (Å²) >= 11 is 0. The molecule has 0 unspecified atom stereocenters. The van der Waals surface area contributed by atoms with Crippen molar-refractivity contribution in [2.75, 3.05) is 0 Å². The first-order valence-corrected chi connectivity index (χ1v) is 6.82. The third-order valence-corrected chi connectivity index (χ3v) is 3.72. The van der Waals surface area contributed by atoms with Crippen molar-refractivity contribution in [2.24, 2.45) is 0 Å². The fourth-order valence-electron chi connectivity index (χ4n) is 2.57. The molecule has 2 aromatic carbocycles. The lowest BCUT2D eigenvalue weighted by molar-refractivity contribution is 0.461. The zero-order valence-electron chi connectivity index (χ0n) is 11.0. The number of aromatic hydroxyl groups is 1. The van der Waals surface area contributed by atoms with Gasteiger partial charge in [-0.15, -0.1) is 0 Å². The number of hydrogen-bond acceptors (Lipinski definition) is 2. The highest BCUT2D eigenvalue weighted by Crippen LogP contribution is 2.45. The fourth-order valence-corrected chi connectivity index (χ4v) is 2.57. The quantitative estimate of drug-likeness (QED) is 0.826. The van der Waals surface area contributed by atoms with Crippen LogP contribution >= 0.6 is 0 Å². The van der Waals surface area contributed by atoms with Crippen molar-refractivity contribution in [2.45, 2.75) is 12.8 Å². The molecule has 20 heavy (non-hydrogen) atoms. The Kier molecular flexibility index (Phi) is 2.43. The molecule has 98 valence electrons. The smallest absolute Gasteiger partial charge is 0.139 e. The summed E-state index contributed by atoms with van der Waals surface area (Å²) in [6.07, 6.45) is 4.38. The average Bonchev–Trinajstić information content (AvgIpc) is 3.31. The summed E-state index contributed by atoms with van der Waals surface area (Å²) in [6, 6.07) is 15.4. The molecule has 2 aromatic rings. The lowest BCUT2D eigenvalue weighted by Gasteiger charge is -2.21. The lowest BCUT2D eigenvalue weighted by atomic mass is 9.98. The number of phenolic OH excluding ortho intramolecular Hbond substituents is 1. The molecule has 1 fully saturated rings. The van der Waals surface area contributed by atoms with Crippen molar-refractivity contribution in [3.8, 4) is 11.5 Å². The number of hydrogen-bond donors (Lipinski definition) is 1. The molecule has 2 nitrogen and oxygen atoms in total. The van der Waals surface area contributed by atoms with Crippen LogP contribution in [0.4, 0.5) is 0 Å². The van der Waals surface area contributed by atoms with Crippen molar-refractivity contribution in [3.63, 3.8) is 0 Å².